The Morgan fingerprint density at radius 2 is 1.76 bits per heavy atom. The summed E-state index contributed by atoms with van der Waals surface area (Å²) in [5.41, 5.74) is 5.52. The summed E-state index contributed by atoms with van der Waals surface area (Å²) < 4.78 is 21.4. The van der Waals surface area contributed by atoms with Gasteiger partial charge in [0.25, 0.3) is 5.91 Å². The molecule has 1 unspecified atom stereocenters. The monoisotopic (exact) mass is 586 g/mol. The number of likely N-dealkylation sites (N-methyl/N-ethyl adjacent to an activating group) is 1. The molecule has 2 aromatic heterocycles. The van der Waals surface area contributed by atoms with E-state index in [1.807, 2.05) is 90.6 Å². The SMILES string of the molecule is CN1CCN(C(=O)c2cc3c(c(-c4cccc(-c5cc6ccccc6o5)c4)n2)[C@@H](CCO)N(S(=O)C(C)(C)C)C3)CC1. The summed E-state index contributed by atoms with van der Waals surface area (Å²) in [6, 6.07) is 19.6. The number of aromatic nitrogens is 1. The zero-order chi connectivity index (χ0) is 29.6. The number of hydrogen-bond donors (Lipinski definition) is 1. The van der Waals surface area contributed by atoms with Gasteiger partial charge in [0.1, 0.15) is 28.0 Å². The van der Waals surface area contributed by atoms with E-state index >= 15 is 0 Å². The van der Waals surface area contributed by atoms with Crippen molar-refractivity contribution in [3.63, 3.8) is 0 Å². The Kier molecular flexibility index (Phi) is 7.78. The van der Waals surface area contributed by atoms with Gasteiger partial charge in [-0.3, -0.25) is 4.79 Å². The maximum atomic E-state index is 13.8. The van der Waals surface area contributed by atoms with E-state index < -0.39 is 15.7 Å². The van der Waals surface area contributed by atoms with Gasteiger partial charge in [0.05, 0.1) is 16.5 Å². The molecular formula is C33H38N4O4S. The number of fused-ring (bicyclic) bond motifs is 2. The highest BCUT2D eigenvalue weighted by Crippen LogP contribution is 2.44. The third kappa shape index (κ3) is 5.42. The summed E-state index contributed by atoms with van der Waals surface area (Å²) >= 11 is 0. The van der Waals surface area contributed by atoms with Crippen LogP contribution in [0.1, 0.15) is 54.8 Å². The predicted octanol–water partition coefficient (Wildman–Crippen LogP) is 5.25. The van der Waals surface area contributed by atoms with Crippen LogP contribution in [0.2, 0.25) is 0 Å². The third-order valence-corrected chi connectivity index (χ3v) is 10.0. The fourth-order valence-corrected chi connectivity index (χ4v) is 7.32. The molecule has 2 aliphatic rings. The van der Waals surface area contributed by atoms with Crippen molar-refractivity contribution in [2.24, 2.45) is 0 Å². The lowest BCUT2D eigenvalue weighted by Gasteiger charge is -2.32. The van der Waals surface area contributed by atoms with Crippen molar-refractivity contribution in [3.8, 4) is 22.6 Å². The number of benzene rings is 2. The fourth-order valence-electron chi connectivity index (χ4n) is 5.91. The van der Waals surface area contributed by atoms with E-state index in [-0.39, 0.29) is 18.6 Å². The standard InChI is InChI=1S/C33H38N4O4S/c1-33(2,3)42(40)37-21-25-19-26(32(39)36-15-13-35(4)14-16-36)34-31(30(25)27(37)12-17-38)24-10-7-9-22(18-24)29-20-23-8-5-6-11-28(23)41-29/h5-11,18-20,27,38H,12-17,21H2,1-4H3/t27-,42?/m1/s1. The summed E-state index contributed by atoms with van der Waals surface area (Å²) in [7, 11) is 0.738. The highest BCUT2D eigenvalue weighted by molar-refractivity contribution is 7.84. The van der Waals surface area contributed by atoms with E-state index in [0.717, 1.165) is 52.1 Å². The number of piperazine rings is 1. The van der Waals surface area contributed by atoms with Crippen molar-refractivity contribution in [2.75, 3.05) is 39.8 Å². The molecule has 2 aromatic carbocycles. The lowest BCUT2D eigenvalue weighted by Crippen LogP contribution is -2.47. The summed E-state index contributed by atoms with van der Waals surface area (Å²) in [4.78, 5) is 22.9. The van der Waals surface area contributed by atoms with E-state index in [4.69, 9.17) is 9.40 Å². The maximum absolute atomic E-state index is 13.8. The first-order valence-electron chi connectivity index (χ1n) is 14.5. The number of pyridine rings is 1. The minimum Gasteiger partial charge on any atom is -0.456 e. The van der Waals surface area contributed by atoms with Crippen LogP contribution in [0.25, 0.3) is 33.6 Å². The van der Waals surface area contributed by atoms with E-state index in [2.05, 4.69) is 11.9 Å². The highest BCUT2D eigenvalue weighted by atomic mass is 32.2. The van der Waals surface area contributed by atoms with Crippen LogP contribution in [0.3, 0.4) is 0 Å². The predicted molar refractivity (Wildman–Crippen MR) is 166 cm³/mol. The van der Waals surface area contributed by atoms with Crippen LogP contribution in [-0.2, 0) is 17.5 Å². The fraction of sp³-hybridized carbons (Fsp3) is 0.394. The van der Waals surface area contributed by atoms with Crippen LogP contribution in [0.5, 0.6) is 0 Å². The minimum atomic E-state index is -1.33. The summed E-state index contributed by atoms with van der Waals surface area (Å²) in [6.45, 7) is 9.19. The van der Waals surface area contributed by atoms with Gasteiger partial charge in [-0.15, -0.1) is 0 Å². The molecule has 1 amide bonds. The first kappa shape index (κ1) is 28.7. The van der Waals surface area contributed by atoms with Crippen LogP contribution >= 0.6 is 0 Å². The van der Waals surface area contributed by atoms with Crippen LogP contribution in [0.15, 0.2) is 65.1 Å². The molecule has 4 heterocycles. The van der Waals surface area contributed by atoms with Gasteiger partial charge in [-0.1, -0.05) is 36.4 Å². The number of nitrogens with zero attached hydrogens (tertiary/aromatic N) is 4. The smallest absolute Gasteiger partial charge is 0.272 e. The van der Waals surface area contributed by atoms with Crippen molar-refractivity contribution in [1.82, 2.24) is 19.1 Å². The minimum absolute atomic E-state index is 0.0532. The topological polar surface area (TPSA) is 90.1 Å². The number of hydrogen-bond acceptors (Lipinski definition) is 6. The molecule has 0 spiro atoms. The first-order valence-corrected chi connectivity index (χ1v) is 15.6. The molecule has 0 aliphatic carbocycles. The molecular weight excluding hydrogens is 548 g/mol. The van der Waals surface area contributed by atoms with Gasteiger partial charge in [-0.05, 0) is 64.1 Å². The van der Waals surface area contributed by atoms with Crippen molar-refractivity contribution >= 4 is 27.9 Å². The molecule has 1 N–H and O–H groups in total. The Balaban J connectivity index is 1.48. The number of aliphatic hydroxyl groups is 1. The van der Waals surface area contributed by atoms with Crippen molar-refractivity contribution in [2.45, 2.75) is 44.5 Å². The number of carbonyl (C=O) groups is 1. The highest BCUT2D eigenvalue weighted by Gasteiger charge is 2.40. The van der Waals surface area contributed by atoms with Gasteiger partial charge >= 0.3 is 0 Å². The van der Waals surface area contributed by atoms with Gasteiger partial charge in [0.2, 0.25) is 0 Å². The normalized spacial score (nSPS) is 18.9. The molecule has 0 radical (unpaired) electrons. The molecule has 220 valence electrons. The Bertz CT molecular complexity index is 1620. The van der Waals surface area contributed by atoms with Crippen molar-refractivity contribution in [3.05, 3.63) is 77.5 Å². The number of amides is 1. The second-order valence-corrected chi connectivity index (χ2v) is 14.4. The zero-order valence-corrected chi connectivity index (χ0v) is 25.5. The summed E-state index contributed by atoms with van der Waals surface area (Å²) in [5.74, 6) is 0.663. The molecule has 9 heteroatoms. The number of furan rings is 1. The molecule has 1 fully saturated rings. The Morgan fingerprint density at radius 1 is 1.02 bits per heavy atom. The van der Waals surface area contributed by atoms with Crippen molar-refractivity contribution < 1.29 is 18.5 Å². The first-order chi connectivity index (χ1) is 20.1. The zero-order valence-electron chi connectivity index (χ0n) is 24.7. The molecule has 0 bridgehead atoms. The van der Waals surface area contributed by atoms with Crippen LogP contribution in [-0.4, -0.2) is 78.9 Å². The van der Waals surface area contributed by atoms with Gasteiger partial charge < -0.3 is 19.3 Å². The molecule has 8 nitrogen and oxygen atoms in total. The van der Waals surface area contributed by atoms with Gasteiger partial charge in [0.15, 0.2) is 0 Å². The third-order valence-electron chi connectivity index (χ3n) is 8.15. The van der Waals surface area contributed by atoms with Gasteiger partial charge in [-0.2, -0.15) is 0 Å². The number of carbonyl (C=O) groups excluding carboxylic acids is 1. The molecule has 6 rings (SSSR count). The molecule has 4 aromatic rings. The molecule has 1 saturated heterocycles. The van der Waals surface area contributed by atoms with Crippen LogP contribution < -0.4 is 0 Å². The Morgan fingerprint density at radius 3 is 2.48 bits per heavy atom. The Hall–Kier alpha value is -3.37. The van der Waals surface area contributed by atoms with Gasteiger partial charge in [0, 0.05) is 61.4 Å². The number of aliphatic hydroxyl groups excluding tert-OH is 1. The van der Waals surface area contributed by atoms with Crippen LogP contribution in [0, 0.1) is 0 Å². The second-order valence-electron chi connectivity index (χ2n) is 12.2. The van der Waals surface area contributed by atoms with E-state index in [0.29, 0.717) is 37.4 Å². The van der Waals surface area contributed by atoms with E-state index in [9.17, 15) is 14.1 Å². The lowest BCUT2D eigenvalue weighted by molar-refractivity contribution is 0.0658. The van der Waals surface area contributed by atoms with E-state index in [1.165, 1.54) is 0 Å². The molecule has 2 aliphatic heterocycles. The van der Waals surface area contributed by atoms with E-state index in [1.54, 1.807) is 0 Å². The lowest BCUT2D eigenvalue weighted by atomic mass is 9.94. The average Bonchev–Trinajstić information content (AvgIpc) is 3.58. The van der Waals surface area contributed by atoms with Crippen LogP contribution in [0.4, 0.5) is 0 Å². The largest absolute Gasteiger partial charge is 0.456 e. The van der Waals surface area contributed by atoms with Gasteiger partial charge in [-0.25, -0.2) is 13.5 Å². The number of para-hydroxylation sites is 1. The summed E-state index contributed by atoms with van der Waals surface area (Å²) in [5, 5.41) is 11.1. The maximum Gasteiger partial charge on any atom is 0.272 e. The number of rotatable bonds is 6. The quantitative estimate of drug-likeness (QED) is 0.332. The molecule has 2 atom stereocenters. The van der Waals surface area contributed by atoms with Crippen molar-refractivity contribution in [1.29, 1.82) is 0 Å². The second kappa shape index (κ2) is 11.4. The Labute approximate surface area is 249 Å². The summed E-state index contributed by atoms with van der Waals surface area (Å²) in [6.07, 6.45) is 0.415. The average molecular weight is 587 g/mol. The molecule has 0 saturated carbocycles. The molecule has 42 heavy (non-hydrogen) atoms.